The summed E-state index contributed by atoms with van der Waals surface area (Å²) in [5, 5.41) is 5.47. The van der Waals surface area contributed by atoms with E-state index >= 15 is 0 Å². The lowest BCUT2D eigenvalue weighted by molar-refractivity contribution is -0.107. The van der Waals surface area contributed by atoms with Crippen LogP contribution in [0.2, 0.25) is 0 Å². The number of ether oxygens (including phenoxy) is 1. The van der Waals surface area contributed by atoms with E-state index in [9.17, 15) is 18.4 Å². The van der Waals surface area contributed by atoms with Gasteiger partial charge in [-0.3, -0.25) is 4.79 Å². The average Bonchev–Trinajstić information content (AvgIpc) is 2.87. The number of hydrogen-bond donors (Lipinski definition) is 2. The molecule has 0 aliphatic rings. The van der Waals surface area contributed by atoms with Gasteiger partial charge >= 0.3 is 6.03 Å². The Bertz CT molecular complexity index is 1180. The van der Waals surface area contributed by atoms with Crippen LogP contribution in [0.4, 0.5) is 25.0 Å². The van der Waals surface area contributed by atoms with Crippen LogP contribution in [0.25, 0.3) is 11.1 Å². The van der Waals surface area contributed by atoms with Crippen LogP contribution in [0.5, 0.6) is 5.75 Å². The highest BCUT2D eigenvalue weighted by molar-refractivity contribution is 7.98. The number of carbonyl (C=O) groups is 2. The highest BCUT2D eigenvalue weighted by Crippen LogP contribution is 2.35. The third-order valence-electron chi connectivity index (χ3n) is 5.42. The third-order valence-corrected chi connectivity index (χ3v) is 6.22. The standard InChI is InChI=1S/C26H27F2N3O3S/c1-17(29-26(33)30-18-8-10-19(34-2)11-9-18)14-15-31(16-32)22-13-12-21(24(27)25(22)28)20-6-4-5-7-23(20)35-3/h4-13,16-17H,14-15H2,1-3H3,(H2,29,30,33). The minimum atomic E-state index is -1.09. The van der Waals surface area contributed by atoms with E-state index < -0.39 is 17.7 Å². The van der Waals surface area contributed by atoms with Crippen molar-refractivity contribution in [1.29, 1.82) is 0 Å². The van der Waals surface area contributed by atoms with Crippen LogP contribution in [-0.2, 0) is 4.79 Å². The highest BCUT2D eigenvalue weighted by atomic mass is 32.2. The van der Waals surface area contributed by atoms with Crippen molar-refractivity contribution in [2.75, 3.05) is 30.1 Å². The van der Waals surface area contributed by atoms with E-state index in [1.54, 1.807) is 50.4 Å². The van der Waals surface area contributed by atoms with Gasteiger partial charge in [0.15, 0.2) is 11.6 Å². The summed E-state index contributed by atoms with van der Waals surface area (Å²) >= 11 is 1.44. The van der Waals surface area contributed by atoms with E-state index in [-0.39, 0.29) is 23.8 Å². The summed E-state index contributed by atoms with van der Waals surface area (Å²) in [4.78, 5) is 25.8. The van der Waals surface area contributed by atoms with Crippen LogP contribution in [0.15, 0.2) is 65.6 Å². The van der Waals surface area contributed by atoms with E-state index in [0.29, 0.717) is 29.8 Å². The van der Waals surface area contributed by atoms with Crippen LogP contribution in [-0.4, -0.2) is 38.4 Å². The molecule has 35 heavy (non-hydrogen) atoms. The number of urea groups is 1. The summed E-state index contributed by atoms with van der Waals surface area (Å²) in [6.07, 6.45) is 2.65. The molecule has 9 heteroatoms. The molecule has 0 aliphatic heterocycles. The van der Waals surface area contributed by atoms with Gasteiger partial charge in [-0.2, -0.15) is 0 Å². The zero-order chi connectivity index (χ0) is 25.4. The average molecular weight is 500 g/mol. The van der Waals surface area contributed by atoms with Crippen LogP contribution >= 0.6 is 11.8 Å². The second-order valence-corrected chi connectivity index (χ2v) is 8.62. The zero-order valence-corrected chi connectivity index (χ0v) is 20.5. The molecular weight excluding hydrogens is 472 g/mol. The maximum Gasteiger partial charge on any atom is 0.319 e. The Kier molecular flexibility index (Phi) is 9.08. The van der Waals surface area contributed by atoms with E-state index in [0.717, 1.165) is 9.80 Å². The van der Waals surface area contributed by atoms with Crippen molar-refractivity contribution in [2.24, 2.45) is 0 Å². The molecule has 184 valence electrons. The first kappa shape index (κ1) is 26.0. The highest BCUT2D eigenvalue weighted by Gasteiger charge is 2.20. The van der Waals surface area contributed by atoms with Gasteiger partial charge in [-0.1, -0.05) is 18.2 Å². The SMILES string of the molecule is COc1ccc(NC(=O)NC(C)CCN(C=O)c2ccc(-c3ccccc3SC)c(F)c2F)cc1. The van der Waals surface area contributed by atoms with Gasteiger partial charge in [-0.15, -0.1) is 11.8 Å². The first-order valence-corrected chi connectivity index (χ1v) is 12.1. The van der Waals surface area contributed by atoms with Crippen LogP contribution in [0.3, 0.4) is 0 Å². The van der Waals surface area contributed by atoms with Crippen molar-refractivity contribution < 1.29 is 23.1 Å². The maximum atomic E-state index is 15.0. The van der Waals surface area contributed by atoms with Gasteiger partial charge in [0.25, 0.3) is 0 Å². The molecule has 0 saturated heterocycles. The molecule has 3 rings (SSSR count). The largest absolute Gasteiger partial charge is 0.497 e. The summed E-state index contributed by atoms with van der Waals surface area (Å²) in [6.45, 7) is 1.85. The Labute approximate surface area is 207 Å². The van der Waals surface area contributed by atoms with Crippen molar-refractivity contribution in [3.8, 4) is 16.9 Å². The van der Waals surface area contributed by atoms with Gasteiger partial charge in [0.1, 0.15) is 5.75 Å². The zero-order valence-electron chi connectivity index (χ0n) is 19.7. The Morgan fingerprint density at radius 2 is 1.77 bits per heavy atom. The molecule has 0 bridgehead atoms. The normalized spacial score (nSPS) is 11.5. The van der Waals surface area contributed by atoms with Gasteiger partial charge in [0, 0.05) is 28.7 Å². The second kappa shape index (κ2) is 12.2. The fraction of sp³-hybridized carbons (Fsp3) is 0.231. The van der Waals surface area contributed by atoms with Crippen LogP contribution in [0.1, 0.15) is 13.3 Å². The molecule has 0 radical (unpaired) electrons. The molecule has 0 aliphatic carbocycles. The molecule has 3 aromatic rings. The summed E-state index contributed by atoms with van der Waals surface area (Å²) < 4.78 is 35.0. The lowest BCUT2D eigenvalue weighted by Crippen LogP contribution is -2.38. The number of nitrogens with one attached hydrogen (secondary N) is 2. The smallest absolute Gasteiger partial charge is 0.319 e. The monoisotopic (exact) mass is 499 g/mol. The maximum absolute atomic E-state index is 15.0. The predicted octanol–water partition coefficient (Wildman–Crippen LogP) is 5.93. The summed E-state index contributed by atoms with van der Waals surface area (Å²) in [7, 11) is 1.55. The molecule has 0 spiro atoms. The molecule has 0 heterocycles. The second-order valence-electron chi connectivity index (χ2n) is 7.78. The number of hydrogen-bond acceptors (Lipinski definition) is 4. The van der Waals surface area contributed by atoms with Crippen molar-refractivity contribution in [3.05, 3.63) is 72.3 Å². The lowest BCUT2D eigenvalue weighted by atomic mass is 10.0. The molecule has 0 fully saturated rings. The molecular formula is C26H27F2N3O3S. The molecule has 2 N–H and O–H groups in total. The quantitative estimate of drug-likeness (QED) is 0.268. The van der Waals surface area contributed by atoms with Crippen LogP contribution < -0.4 is 20.3 Å². The minimum absolute atomic E-state index is 0.0879. The number of rotatable bonds is 10. The van der Waals surface area contributed by atoms with Gasteiger partial charge in [-0.25, -0.2) is 13.6 Å². The summed E-state index contributed by atoms with van der Waals surface area (Å²) in [6, 6.07) is 16.1. The molecule has 3 aromatic carbocycles. The molecule has 6 nitrogen and oxygen atoms in total. The number of anilines is 2. The van der Waals surface area contributed by atoms with E-state index in [4.69, 9.17) is 4.74 Å². The molecule has 1 atom stereocenters. The molecule has 1 unspecified atom stereocenters. The number of benzene rings is 3. The Balaban J connectivity index is 1.64. The number of carbonyl (C=O) groups excluding carboxylic acids is 2. The van der Waals surface area contributed by atoms with Crippen molar-refractivity contribution in [2.45, 2.75) is 24.3 Å². The van der Waals surface area contributed by atoms with Gasteiger partial charge < -0.3 is 20.3 Å². The summed E-state index contributed by atoms with van der Waals surface area (Å²) in [5.74, 6) is -1.44. The van der Waals surface area contributed by atoms with Crippen molar-refractivity contribution in [1.82, 2.24) is 5.32 Å². The van der Waals surface area contributed by atoms with Crippen molar-refractivity contribution in [3.63, 3.8) is 0 Å². The van der Waals surface area contributed by atoms with E-state index in [2.05, 4.69) is 10.6 Å². The molecule has 3 amide bonds. The first-order chi connectivity index (χ1) is 16.9. The third kappa shape index (κ3) is 6.51. The van der Waals surface area contributed by atoms with Gasteiger partial charge in [0.2, 0.25) is 6.41 Å². The number of nitrogens with zero attached hydrogens (tertiary/aromatic N) is 1. The minimum Gasteiger partial charge on any atom is -0.497 e. The summed E-state index contributed by atoms with van der Waals surface area (Å²) in [5.41, 5.74) is 1.15. The fourth-order valence-corrected chi connectivity index (χ4v) is 4.15. The van der Waals surface area contributed by atoms with E-state index in [1.165, 1.54) is 23.9 Å². The van der Waals surface area contributed by atoms with E-state index in [1.807, 2.05) is 18.4 Å². The number of thioether (sulfide) groups is 1. The van der Waals surface area contributed by atoms with Gasteiger partial charge in [0.05, 0.1) is 12.8 Å². The molecule has 0 aromatic heterocycles. The first-order valence-electron chi connectivity index (χ1n) is 10.9. The Hall–Kier alpha value is -3.59. The van der Waals surface area contributed by atoms with Crippen molar-refractivity contribution >= 4 is 35.6 Å². The predicted molar refractivity (Wildman–Crippen MR) is 136 cm³/mol. The topological polar surface area (TPSA) is 70.7 Å². The Morgan fingerprint density at radius 1 is 1.06 bits per heavy atom. The molecule has 0 saturated carbocycles. The number of methoxy groups -OCH3 is 1. The number of amides is 3. The fourth-order valence-electron chi connectivity index (χ4n) is 3.54. The van der Waals surface area contributed by atoms with Crippen LogP contribution in [0, 0.1) is 11.6 Å². The lowest BCUT2D eigenvalue weighted by Gasteiger charge is -2.22. The number of halogens is 2. The van der Waals surface area contributed by atoms with Gasteiger partial charge in [-0.05, 0) is 67.6 Å². The Morgan fingerprint density at radius 3 is 2.43 bits per heavy atom.